The summed E-state index contributed by atoms with van der Waals surface area (Å²) in [5, 5.41) is 9.43. The van der Waals surface area contributed by atoms with Gasteiger partial charge >= 0.3 is 0 Å². The SMILES string of the molecule is Fc1cccc(C(CCN2CCCCC2)n2cc(-c3c[nH]c4ncncc34)nn2)c1F. The lowest BCUT2D eigenvalue weighted by atomic mass is 10.0. The standard InChI is InChI=1S/C22H23F2N7/c23-18-6-4-5-15(21(18)24)20(7-10-30-8-2-1-3-9-30)31-13-19(28-29-31)16-12-26-22-17(16)11-25-14-27-22/h4-6,11-14,20H,1-3,7-10H2,(H,25,26,27). The van der Waals surface area contributed by atoms with E-state index in [1.54, 1.807) is 29.3 Å². The van der Waals surface area contributed by atoms with Gasteiger partial charge in [-0.05, 0) is 38.4 Å². The van der Waals surface area contributed by atoms with Crippen LogP contribution < -0.4 is 0 Å². The number of fused-ring (bicyclic) bond motifs is 1. The van der Waals surface area contributed by atoms with E-state index in [-0.39, 0.29) is 5.56 Å². The first-order valence-electron chi connectivity index (χ1n) is 10.6. The molecule has 0 spiro atoms. The molecule has 7 nitrogen and oxygen atoms in total. The lowest BCUT2D eigenvalue weighted by Crippen LogP contribution is -2.32. The zero-order chi connectivity index (χ0) is 21.2. The van der Waals surface area contributed by atoms with E-state index < -0.39 is 17.7 Å². The molecule has 0 aliphatic carbocycles. The highest BCUT2D eigenvalue weighted by atomic mass is 19.2. The fourth-order valence-electron chi connectivity index (χ4n) is 4.32. The number of rotatable bonds is 6. The normalized spacial score (nSPS) is 16.1. The number of aromatic amines is 1. The molecule has 160 valence electrons. The Labute approximate surface area is 178 Å². The van der Waals surface area contributed by atoms with Gasteiger partial charge in [-0.2, -0.15) is 0 Å². The number of piperidine rings is 1. The van der Waals surface area contributed by atoms with Crippen LogP contribution in [0.5, 0.6) is 0 Å². The summed E-state index contributed by atoms with van der Waals surface area (Å²) in [6, 6.07) is 3.84. The van der Waals surface area contributed by atoms with E-state index in [0.717, 1.165) is 36.7 Å². The third-order valence-corrected chi connectivity index (χ3v) is 5.97. The van der Waals surface area contributed by atoms with Crippen LogP contribution >= 0.6 is 0 Å². The maximum atomic E-state index is 14.7. The number of nitrogens with zero attached hydrogens (tertiary/aromatic N) is 6. The zero-order valence-corrected chi connectivity index (χ0v) is 17.0. The van der Waals surface area contributed by atoms with Crippen molar-refractivity contribution in [1.82, 2.24) is 34.8 Å². The molecule has 1 aliphatic rings. The number of hydrogen-bond donors (Lipinski definition) is 1. The van der Waals surface area contributed by atoms with Crippen LogP contribution in [0.3, 0.4) is 0 Å². The van der Waals surface area contributed by atoms with Crippen molar-refractivity contribution in [2.24, 2.45) is 0 Å². The molecule has 1 saturated heterocycles. The second kappa shape index (κ2) is 8.50. The maximum absolute atomic E-state index is 14.7. The average Bonchev–Trinajstić information content (AvgIpc) is 3.44. The molecule has 4 aromatic rings. The number of H-pyrrole nitrogens is 1. The van der Waals surface area contributed by atoms with E-state index in [9.17, 15) is 8.78 Å². The molecule has 5 rings (SSSR count). The Kier molecular flexibility index (Phi) is 5.42. The fraction of sp³-hybridized carbons (Fsp3) is 0.364. The second-order valence-corrected chi connectivity index (χ2v) is 7.92. The van der Waals surface area contributed by atoms with Crippen LogP contribution in [-0.4, -0.2) is 54.5 Å². The van der Waals surface area contributed by atoms with Gasteiger partial charge in [0.1, 0.15) is 17.7 Å². The van der Waals surface area contributed by atoms with Gasteiger partial charge in [0.05, 0.1) is 12.2 Å². The van der Waals surface area contributed by atoms with Crippen LogP contribution in [0.1, 0.15) is 37.3 Å². The van der Waals surface area contributed by atoms with Crippen LogP contribution in [0.25, 0.3) is 22.3 Å². The van der Waals surface area contributed by atoms with Gasteiger partial charge in [0.15, 0.2) is 11.6 Å². The van der Waals surface area contributed by atoms with Gasteiger partial charge in [0.25, 0.3) is 0 Å². The lowest BCUT2D eigenvalue weighted by molar-refractivity contribution is 0.215. The minimum absolute atomic E-state index is 0.288. The molecule has 9 heteroatoms. The quantitative estimate of drug-likeness (QED) is 0.508. The number of nitrogens with one attached hydrogen (secondary N) is 1. The molecule has 1 N–H and O–H groups in total. The van der Waals surface area contributed by atoms with Crippen LogP contribution in [0.4, 0.5) is 8.78 Å². The largest absolute Gasteiger partial charge is 0.345 e. The van der Waals surface area contributed by atoms with Gasteiger partial charge in [-0.3, -0.25) is 0 Å². The molecule has 0 radical (unpaired) electrons. The topological polar surface area (TPSA) is 75.5 Å². The molecular formula is C22H23F2N7. The second-order valence-electron chi connectivity index (χ2n) is 7.92. The van der Waals surface area contributed by atoms with Crippen molar-refractivity contribution in [3.63, 3.8) is 0 Å². The molecule has 4 heterocycles. The Morgan fingerprint density at radius 2 is 2.00 bits per heavy atom. The van der Waals surface area contributed by atoms with Crippen molar-refractivity contribution >= 4 is 11.0 Å². The van der Waals surface area contributed by atoms with Crippen molar-refractivity contribution < 1.29 is 8.78 Å². The molecule has 1 fully saturated rings. The highest BCUT2D eigenvalue weighted by molar-refractivity contribution is 5.91. The summed E-state index contributed by atoms with van der Waals surface area (Å²) in [5.74, 6) is -1.68. The smallest absolute Gasteiger partial charge is 0.164 e. The molecule has 0 amide bonds. The number of benzene rings is 1. The highest BCUT2D eigenvalue weighted by Gasteiger charge is 2.24. The number of hydrogen-bond acceptors (Lipinski definition) is 5. The van der Waals surface area contributed by atoms with Crippen molar-refractivity contribution in [2.75, 3.05) is 19.6 Å². The van der Waals surface area contributed by atoms with E-state index in [2.05, 4.69) is 30.2 Å². The van der Waals surface area contributed by atoms with Gasteiger partial charge < -0.3 is 9.88 Å². The van der Waals surface area contributed by atoms with Gasteiger partial charge in [0.2, 0.25) is 0 Å². The first-order chi connectivity index (χ1) is 15.2. The molecule has 31 heavy (non-hydrogen) atoms. The minimum atomic E-state index is -0.852. The number of halogens is 2. The van der Waals surface area contributed by atoms with Crippen LogP contribution in [0.2, 0.25) is 0 Å². The van der Waals surface area contributed by atoms with Crippen LogP contribution in [-0.2, 0) is 0 Å². The third kappa shape index (κ3) is 3.93. The van der Waals surface area contributed by atoms with Crippen molar-refractivity contribution in [2.45, 2.75) is 31.7 Å². The van der Waals surface area contributed by atoms with Crippen LogP contribution in [0, 0.1) is 11.6 Å². The zero-order valence-electron chi connectivity index (χ0n) is 17.0. The van der Waals surface area contributed by atoms with Gasteiger partial charge in [-0.15, -0.1) is 5.10 Å². The number of likely N-dealkylation sites (tertiary alicyclic amines) is 1. The summed E-state index contributed by atoms with van der Waals surface area (Å²) < 4.78 is 30.4. The Morgan fingerprint density at radius 1 is 1.13 bits per heavy atom. The third-order valence-electron chi connectivity index (χ3n) is 5.97. The van der Waals surface area contributed by atoms with Gasteiger partial charge in [-0.25, -0.2) is 23.4 Å². The fourth-order valence-corrected chi connectivity index (χ4v) is 4.32. The summed E-state index contributed by atoms with van der Waals surface area (Å²) in [6.07, 6.45) is 11.0. The monoisotopic (exact) mass is 423 g/mol. The van der Waals surface area contributed by atoms with E-state index in [1.165, 1.54) is 31.7 Å². The first kappa shape index (κ1) is 19.7. The Bertz CT molecular complexity index is 1180. The van der Waals surface area contributed by atoms with E-state index >= 15 is 0 Å². The van der Waals surface area contributed by atoms with Crippen molar-refractivity contribution in [1.29, 1.82) is 0 Å². The molecule has 0 bridgehead atoms. The van der Waals surface area contributed by atoms with Crippen LogP contribution in [0.15, 0.2) is 43.1 Å². The Hall–Kier alpha value is -3.20. The Morgan fingerprint density at radius 3 is 2.87 bits per heavy atom. The summed E-state index contributed by atoms with van der Waals surface area (Å²) >= 11 is 0. The minimum Gasteiger partial charge on any atom is -0.345 e. The maximum Gasteiger partial charge on any atom is 0.164 e. The van der Waals surface area contributed by atoms with Gasteiger partial charge in [0, 0.05) is 35.5 Å². The molecule has 1 atom stereocenters. The van der Waals surface area contributed by atoms with Crippen molar-refractivity contribution in [3.8, 4) is 11.3 Å². The Balaban J connectivity index is 1.48. The summed E-state index contributed by atoms with van der Waals surface area (Å²) in [4.78, 5) is 13.8. The number of aromatic nitrogens is 6. The summed E-state index contributed by atoms with van der Waals surface area (Å²) in [5.41, 5.74) is 2.44. The molecule has 1 unspecified atom stereocenters. The average molecular weight is 423 g/mol. The van der Waals surface area contributed by atoms with Crippen molar-refractivity contribution in [3.05, 3.63) is 60.3 Å². The molecule has 1 aromatic carbocycles. The molecular weight excluding hydrogens is 400 g/mol. The highest BCUT2D eigenvalue weighted by Crippen LogP contribution is 2.30. The van der Waals surface area contributed by atoms with E-state index in [1.807, 2.05) is 0 Å². The lowest BCUT2D eigenvalue weighted by Gasteiger charge is -2.28. The van der Waals surface area contributed by atoms with E-state index in [4.69, 9.17) is 0 Å². The van der Waals surface area contributed by atoms with E-state index in [0.29, 0.717) is 17.8 Å². The predicted molar refractivity (Wildman–Crippen MR) is 112 cm³/mol. The molecule has 0 saturated carbocycles. The predicted octanol–water partition coefficient (Wildman–Crippen LogP) is 3.96. The summed E-state index contributed by atoms with van der Waals surface area (Å²) in [6.45, 7) is 2.86. The van der Waals surface area contributed by atoms with Gasteiger partial charge in [-0.1, -0.05) is 23.8 Å². The summed E-state index contributed by atoms with van der Waals surface area (Å²) in [7, 11) is 0. The molecule has 3 aromatic heterocycles. The molecule has 1 aliphatic heterocycles. The first-order valence-corrected chi connectivity index (χ1v) is 10.6.